The molecule has 0 aliphatic carbocycles. The Hall–Kier alpha value is -2.86. The zero-order valence-electron chi connectivity index (χ0n) is 13.0. The van der Waals surface area contributed by atoms with Crippen molar-refractivity contribution in [3.63, 3.8) is 0 Å². The van der Waals surface area contributed by atoms with E-state index in [0.717, 1.165) is 16.8 Å². The predicted molar refractivity (Wildman–Crippen MR) is 90.2 cm³/mol. The number of nitrogens with zero attached hydrogens (tertiary/aromatic N) is 4. The standard InChI is InChI=1S/C17H13ClN4O2/c1-10-12(7-6-11-8-19-9-22(10)11)17-20-16(21-24-17)13-4-3-5-14(18)15(13)23-2/h3-9H,1-2H3. The lowest BCUT2D eigenvalue weighted by Gasteiger charge is -2.06. The van der Waals surface area contributed by atoms with Gasteiger partial charge in [-0.05, 0) is 31.2 Å². The molecule has 0 unspecified atom stereocenters. The van der Waals surface area contributed by atoms with Crippen LogP contribution >= 0.6 is 11.6 Å². The molecule has 0 saturated carbocycles. The fraction of sp³-hybridized carbons (Fsp3) is 0.118. The molecular formula is C17H13ClN4O2. The van der Waals surface area contributed by atoms with Crippen LogP contribution in [0.2, 0.25) is 5.02 Å². The average molecular weight is 341 g/mol. The summed E-state index contributed by atoms with van der Waals surface area (Å²) >= 11 is 6.16. The number of ether oxygens (including phenoxy) is 1. The monoisotopic (exact) mass is 340 g/mol. The molecule has 0 N–H and O–H groups in total. The van der Waals surface area contributed by atoms with Crippen molar-refractivity contribution < 1.29 is 9.26 Å². The summed E-state index contributed by atoms with van der Waals surface area (Å²) in [5.41, 5.74) is 3.51. The number of benzene rings is 1. The Morgan fingerprint density at radius 1 is 1.17 bits per heavy atom. The van der Waals surface area contributed by atoms with Crippen LogP contribution in [-0.2, 0) is 0 Å². The highest BCUT2D eigenvalue weighted by Gasteiger charge is 2.18. The van der Waals surface area contributed by atoms with E-state index in [9.17, 15) is 0 Å². The minimum absolute atomic E-state index is 0.425. The maximum Gasteiger partial charge on any atom is 0.260 e. The molecule has 0 amide bonds. The molecule has 0 aliphatic rings. The van der Waals surface area contributed by atoms with Gasteiger partial charge in [0, 0.05) is 5.69 Å². The van der Waals surface area contributed by atoms with Crippen LogP contribution in [0.4, 0.5) is 0 Å². The summed E-state index contributed by atoms with van der Waals surface area (Å²) in [4.78, 5) is 8.65. The number of fused-ring (bicyclic) bond motifs is 1. The molecule has 7 heteroatoms. The molecular weight excluding hydrogens is 328 g/mol. The maximum absolute atomic E-state index is 6.16. The van der Waals surface area contributed by atoms with Crippen LogP contribution in [0.25, 0.3) is 28.4 Å². The van der Waals surface area contributed by atoms with E-state index >= 15 is 0 Å². The summed E-state index contributed by atoms with van der Waals surface area (Å²) in [6.07, 6.45) is 3.55. The van der Waals surface area contributed by atoms with Crippen LogP contribution in [0.1, 0.15) is 5.69 Å². The Morgan fingerprint density at radius 3 is 2.88 bits per heavy atom. The second-order valence-corrected chi connectivity index (χ2v) is 5.67. The van der Waals surface area contributed by atoms with Crippen molar-refractivity contribution in [2.24, 2.45) is 0 Å². The Labute approximate surface area is 142 Å². The first kappa shape index (κ1) is 14.7. The number of aromatic nitrogens is 4. The van der Waals surface area contributed by atoms with Gasteiger partial charge in [-0.1, -0.05) is 22.8 Å². The Bertz CT molecular complexity index is 1040. The Kier molecular flexibility index (Phi) is 3.46. The van der Waals surface area contributed by atoms with E-state index in [1.807, 2.05) is 35.6 Å². The lowest BCUT2D eigenvalue weighted by molar-refractivity contribution is 0.413. The first-order valence-corrected chi connectivity index (χ1v) is 7.65. The highest BCUT2D eigenvalue weighted by Crippen LogP contribution is 2.35. The molecule has 0 spiro atoms. The predicted octanol–water partition coefficient (Wildman–Crippen LogP) is 4.02. The lowest BCUT2D eigenvalue weighted by atomic mass is 10.1. The highest BCUT2D eigenvalue weighted by molar-refractivity contribution is 6.32. The van der Waals surface area contributed by atoms with Gasteiger partial charge in [0.2, 0.25) is 5.82 Å². The summed E-state index contributed by atoms with van der Waals surface area (Å²) < 4.78 is 12.8. The van der Waals surface area contributed by atoms with Crippen molar-refractivity contribution >= 4 is 17.1 Å². The molecule has 0 saturated heterocycles. The molecule has 0 aliphatic heterocycles. The highest BCUT2D eigenvalue weighted by atomic mass is 35.5. The van der Waals surface area contributed by atoms with Crippen LogP contribution in [0.5, 0.6) is 5.75 Å². The van der Waals surface area contributed by atoms with Gasteiger partial charge in [-0.2, -0.15) is 4.98 Å². The second kappa shape index (κ2) is 5.65. The van der Waals surface area contributed by atoms with E-state index in [-0.39, 0.29) is 0 Å². The van der Waals surface area contributed by atoms with Gasteiger partial charge in [-0.25, -0.2) is 4.98 Å². The summed E-state index contributed by atoms with van der Waals surface area (Å²) in [6, 6.07) is 9.31. The fourth-order valence-corrected chi connectivity index (χ4v) is 2.94. The van der Waals surface area contributed by atoms with E-state index in [4.69, 9.17) is 20.9 Å². The van der Waals surface area contributed by atoms with Crippen LogP contribution < -0.4 is 4.74 Å². The van der Waals surface area contributed by atoms with Gasteiger partial charge in [0.05, 0.1) is 41.3 Å². The molecule has 120 valence electrons. The number of aryl methyl sites for hydroxylation is 1. The van der Waals surface area contributed by atoms with Crippen LogP contribution in [-0.4, -0.2) is 26.6 Å². The number of pyridine rings is 1. The SMILES string of the molecule is COc1c(Cl)cccc1-c1noc(-c2ccc3cncn3c2C)n1. The van der Waals surface area contributed by atoms with Crippen LogP contribution in [0.15, 0.2) is 47.4 Å². The van der Waals surface area contributed by atoms with Crippen molar-refractivity contribution in [3.8, 4) is 28.6 Å². The van der Waals surface area contributed by atoms with Crippen molar-refractivity contribution in [1.82, 2.24) is 19.5 Å². The Morgan fingerprint density at radius 2 is 2.04 bits per heavy atom. The van der Waals surface area contributed by atoms with Gasteiger partial charge in [0.15, 0.2) is 0 Å². The van der Waals surface area contributed by atoms with Gasteiger partial charge >= 0.3 is 0 Å². The number of rotatable bonds is 3. The molecule has 3 heterocycles. The molecule has 0 atom stereocenters. The molecule has 3 aromatic heterocycles. The zero-order valence-corrected chi connectivity index (χ0v) is 13.8. The summed E-state index contributed by atoms with van der Waals surface area (Å²) in [6.45, 7) is 1.98. The number of methoxy groups -OCH3 is 1. The normalized spacial score (nSPS) is 11.1. The van der Waals surface area contributed by atoms with Gasteiger partial charge in [-0.3, -0.25) is 0 Å². The van der Waals surface area contributed by atoms with E-state index in [1.54, 1.807) is 25.7 Å². The van der Waals surface area contributed by atoms with Crippen LogP contribution in [0, 0.1) is 6.92 Å². The topological polar surface area (TPSA) is 65.5 Å². The molecule has 4 aromatic rings. The van der Waals surface area contributed by atoms with Gasteiger partial charge in [0.1, 0.15) is 5.75 Å². The summed E-state index contributed by atoms with van der Waals surface area (Å²) in [5, 5.41) is 4.57. The van der Waals surface area contributed by atoms with E-state index in [1.165, 1.54) is 0 Å². The average Bonchev–Trinajstić information content (AvgIpc) is 3.24. The van der Waals surface area contributed by atoms with Crippen molar-refractivity contribution in [2.45, 2.75) is 6.92 Å². The van der Waals surface area contributed by atoms with Gasteiger partial charge in [-0.15, -0.1) is 0 Å². The minimum atomic E-state index is 0.425. The summed E-state index contributed by atoms with van der Waals surface area (Å²) in [7, 11) is 1.56. The largest absolute Gasteiger partial charge is 0.494 e. The maximum atomic E-state index is 6.16. The molecule has 0 fully saturated rings. The van der Waals surface area contributed by atoms with Gasteiger partial charge in [0.25, 0.3) is 5.89 Å². The number of imidazole rings is 1. The van der Waals surface area contributed by atoms with Crippen LogP contribution in [0.3, 0.4) is 0 Å². The quantitative estimate of drug-likeness (QED) is 0.563. The third-order valence-electron chi connectivity index (χ3n) is 3.91. The molecule has 0 bridgehead atoms. The Balaban J connectivity index is 1.83. The second-order valence-electron chi connectivity index (χ2n) is 5.26. The zero-order chi connectivity index (χ0) is 16.7. The van der Waals surface area contributed by atoms with Gasteiger partial charge < -0.3 is 13.7 Å². The van der Waals surface area contributed by atoms with E-state index in [0.29, 0.717) is 28.1 Å². The number of hydrogen-bond donors (Lipinski definition) is 0. The number of hydrogen-bond acceptors (Lipinski definition) is 5. The molecule has 4 rings (SSSR count). The van der Waals surface area contributed by atoms with Crippen molar-refractivity contribution in [2.75, 3.05) is 7.11 Å². The first-order chi connectivity index (χ1) is 11.7. The molecule has 24 heavy (non-hydrogen) atoms. The smallest absolute Gasteiger partial charge is 0.260 e. The lowest BCUT2D eigenvalue weighted by Crippen LogP contribution is -1.93. The van der Waals surface area contributed by atoms with E-state index in [2.05, 4.69) is 15.1 Å². The molecule has 0 radical (unpaired) electrons. The first-order valence-electron chi connectivity index (χ1n) is 7.27. The summed E-state index contributed by atoms with van der Waals surface area (Å²) in [5.74, 6) is 1.38. The molecule has 1 aromatic carbocycles. The van der Waals surface area contributed by atoms with E-state index < -0.39 is 0 Å². The third kappa shape index (κ3) is 2.23. The van der Waals surface area contributed by atoms with Crippen molar-refractivity contribution in [1.29, 1.82) is 0 Å². The number of halogens is 1. The fourth-order valence-electron chi connectivity index (χ4n) is 2.69. The van der Waals surface area contributed by atoms with Crippen molar-refractivity contribution in [3.05, 3.63) is 53.6 Å². The minimum Gasteiger partial charge on any atom is -0.494 e. The molecule has 6 nitrogen and oxygen atoms in total. The third-order valence-corrected chi connectivity index (χ3v) is 4.21. The number of para-hydroxylation sites is 1.